The minimum Gasteiger partial charge on any atom is -0.493 e. The number of aryl methyl sites for hydroxylation is 1. The molecule has 0 amide bonds. The molecule has 0 aliphatic rings. The van der Waals surface area contributed by atoms with E-state index < -0.39 is 5.97 Å². The third-order valence-corrected chi connectivity index (χ3v) is 3.16. The summed E-state index contributed by atoms with van der Waals surface area (Å²) >= 11 is 0. The summed E-state index contributed by atoms with van der Waals surface area (Å²) in [5, 5.41) is 0. The van der Waals surface area contributed by atoms with E-state index >= 15 is 0 Å². The van der Waals surface area contributed by atoms with Crippen LogP contribution in [-0.4, -0.2) is 19.7 Å². The second-order valence-electron chi connectivity index (χ2n) is 4.84. The predicted molar refractivity (Wildman–Crippen MR) is 84.5 cm³/mol. The Kier molecular flexibility index (Phi) is 5.42. The molecule has 0 saturated carbocycles. The lowest BCUT2D eigenvalue weighted by Crippen LogP contribution is -2.09. The molecule has 0 spiro atoms. The van der Waals surface area contributed by atoms with Crippen LogP contribution in [0.15, 0.2) is 42.5 Å². The van der Waals surface area contributed by atoms with Gasteiger partial charge in [-0.25, -0.2) is 4.79 Å². The van der Waals surface area contributed by atoms with Crippen LogP contribution < -0.4 is 9.47 Å². The molecule has 0 radical (unpaired) electrons. The van der Waals surface area contributed by atoms with Gasteiger partial charge >= 0.3 is 5.97 Å². The highest BCUT2D eigenvalue weighted by Crippen LogP contribution is 2.32. The largest absolute Gasteiger partial charge is 0.493 e. The van der Waals surface area contributed by atoms with Crippen molar-refractivity contribution in [1.29, 1.82) is 0 Å². The highest BCUT2D eigenvalue weighted by atomic mass is 16.5. The third kappa shape index (κ3) is 3.79. The van der Waals surface area contributed by atoms with Crippen molar-refractivity contribution in [1.82, 2.24) is 0 Å². The number of hydrogen-bond donors (Lipinski definition) is 0. The zero-order chi connectivity index (χ0) is 15.9. The van der Waals surface area contributed by atoms with Crippen molar-refractivity contribution in [2.75, 3.05) is 13.7 Å². The number of hydrogen-bond acceptors (Lipinski definition) is 4. The normalized spacial score (nSPS) is 10.1. The van der Waals surface area contributed by atoms with Crippen LogP contribution in [0.3, 0.4) is 0 Å². The van der Waals surface area contributed by atoms with Crippen molar-refractivity contribution < 1.29 is 19.0 Å². The highest BCUT2D eigenvalue weighted by Gasteiger charge is 2.18. The zero-order valence-corrected chi connectivity index (χ0v) is 13.1. The van der Waals surface area contributed by atoms with Gasteiger partial charge in [-0.05, 0) is 31.5 Å². The minimum atomic E-state index is -0.416. The van der Waals surface area contributed by atoms with E-state index in [-0.39, 0.29) is 0 Å². The monoisotopic (exact) mass is 300 g/mol. The zero-order valence-electron chi connectivity index (χ0n) is 13.1. The summed E-state index contributed by atoms with van der Waals surface area (Å²) < 4.78 is 16.2. The van der Waals surface area contributed by atoms with Gasteiger partial charge in [-0.3, -0.25) is 0 Å². The van der Waals surface area contributed by atoms with Crippen LogP contribution in [0.1, 0.15) is 28.4 Å². The summed E-state index contributed by atoms with van der Waals surface area (Å²) in [6.45, 7) is 4.46. The van der Waals surface area contributed by atoms with Crippen LogP contribution in [0.2, 0.25) is 0 Å². The molecule has 2 rings (SSSR count). The van der Waals surface area contributed by atoms with Crippen LogP contribution in [-0.2, 0) is 11.3 Å². The quantitative estimate of drug-likeness (QED) is 0.762. The molecule has 22 heavy (non-hydrogen) atoms. The lowest BCUT2D eigenvalue weighted by Gasteiger charge is -2.14. The van der Waals surface area contributed by atoms with E-state index in [9.17, 15) is 4.79 Å². The molecule has 116 valence electrons. The predicted octanol–water partition coefficient (Wildman–Crippen LogP) is 3.76. The lowest BCUT2D eigenvalue weighted by molar-refractivity contribution is 0.0520. The fourth-order valence-electron chi connectivity index (χ4n) is 2.15. The molecule has 4 heteroatoms. The summed E-state index contributed by atoms with van der Waals surface area (Å²) in [4.78, 5) is 12.0. The van der Waals surface area contributed by atoms with Gasteiger partial charge in [0.25, 0.3) is 0 Å². The molecule has 0 N–H and O–H groups in total. The average Bonchev–Trinajstić information content (AvgIpc) is 2.52. The number of esters is 1. The van der Waals surface area contributed by atoms with Gasteiger partial charge in [0.2, 0.25) is 0 Å². The topological polar surface area (TPSA) is 44.8 Å². The van der Waals surface area contributed by atoms with E-state index in [2.05, 4.69) is 0 Å². The molecule has 4 nitrogen and oxygen atoms in total. The van der Waals surface area contributed by atoms with Crippen LogP contribution in [0.5, 0.6) is 11.5 Å². The Hall–Kier alpha value is -2.49. The number of rotatable bonds is 6. The molecule has 0 aromatic heterocycles. The molecule has 0 bridgehead atoms. The van der Waals surface area contributed by atoms with Crippen LogP contribution in [0, 0.1) is 6.92 Å². The van der Waals surface area contributed by atoms with Crippen LogP contribution >= 0.6 is 0 Å². The van der Waals surface area contributed by atoms with E-state index in [0.29, 0.717) is 30.3 Å². The molecule has 2 aromatic carbocycles. The second-order valence-corrected chi connectivity index (χ2v) is 4.84. The Bertz CT molecular complexity index is 649. The highest BCUT2D eigenvalue weighted by molar-refractivity contribution is 5.93. The van der Waals surface area contributed by atoms with Gasteiger partial charge in [0.1, 0.15) is 12.2 Å². The molecule has 0 fully saturated rings. The van der Waals surface area contributed by atoms with E-state index in [4.69, 9.17) is 14.2 Å². The van der Waals surface area contributed by atoms with Crippen LogP contribution in [0.4, 0.5) is 0 Å². The van der Waals surface area contributed by atoms with E-state index in [1.807, 2.05) is 31.2 Å². The number of para-hydroxylation sites is 1. The Morgan fingerprint density at radius 2 is 1.91 bits per heavy atom. The van der Waals surface area contributed by atoms with Gasteiger partial charge in [-0.15, -0.1) is 0 Å². The Balaban J connectivity index is 2.26. The number of carbonyl (C=O) groups is 1. The molecule has 0 heterocycles. The van der Waals surface area contributed by atoms with Crippen molar-refractivity contribution in [3.8, 4) is 11.5 Å². The molecule has 0 saturated heterocycles. The first-order chi connectivity index (χ1) is 10.7. The maximum Gasteiger partial charge on any atom is 0.342 e. The van der Waals surface area contributed by atoms with Crippen molar-refractivity contribution in [3.05, 3.63) is 59.2 Å². The smallest absolute Gasteiger partial charge is 0.342 e. The van der Waals surface area contributed by atoms with E-state index in [0.717, 1.165) is 11.1 Å². The Labute approximate surface area is 130 Å². The van der Waals surface area contributed by atoms with Crippen molar-refractivity contribution >= 4 is 5.97 Å². The van der Waals surface area contributed by atoms with Crippen LogP contribution in [0.25, 0.3) is 0 Å². The number of carbonyl (C=O) groups excluding carboxylic acids is 1. The lowest BCUT2D eigenvalue weighted by atomic mass is 10.1. The summed E-state index contributed by atoms with van der Waals surface area (Å²) in [6.07, 6.45) is 0. The van der Waals surface area contributed by atoms with Crippen molar-refractivity contribution in [2.45, 2.75) is 20.5 Å². The van der Waals surface area contributed by atoms with Gasteiger partial charge in [-0.2, -0.15) is 0 Å². The Morgan fingerprint density at radius 1 is 1.14 bits per heavy atom. The first-order valence-electron chi connectivity index (χ1n) is 7.18. The molecule has 0 aliphatic heterocycles. The molecule has 0 atom stereocenters. The number of benzene rings is 2. The Morgan fingerprint density at radius 3 is 2.59 bits per heavy atom. The molecule has 2 aromatic rings. The van der Waals surface area contributed by atoms with Crippen molar-refractivity contribution in [3.63, 3.8) is 0 Å². The van der Waals surface area contributed by atoms with Gasteiger partial charge in [-0.1, -0.05) is 35.9 Å². The number of ether oxygens (including phenoxy) is 3. The summed E-state index contributed by atoms with van der Waals surface area (Å²) in [5.41, 5.74) is 2.56. The van der Waals surface area contributed by atoms with Gasteiger partial charge in [0.05, 0.1) is 13.7 Å². The first-order valence-corrected chi connectivity index (χ1v) is 7.18. The fraction of sp³-hybridized carbons (Fsp3) is 0.278. The maximum absolute atomic E-state index is 12.0. The molecular formula is C18H20O4. The third-order valence-electron chi connectivity index (χ3n) is 3.16. The SMILES string of the molecule is CCOC(=O)c1cccc(OC)c1OCc1cccc(C)c1. The fourth-order valence-corrected chi connectivity index (χ4v) is 2.15. The molecular weight excluding hydrogens is 280 g/mol. The second kappa shape index (κ2) is 7.50. The van der Waals surface area contributed by atoms with Gasteiger partial charge in [0, 0.05) is 0 Å². The molecule has 0 unspecified atom stereocenters. The summed E-state index contributed by atoms with van der Waals surface area (Å²) in [7, 11) is 1.55. The first kappa shape index (κ1) is 15.9. The molecule has 0 aliphatic carbocycles. The average molecular weight is 300 g/mol. The van der Waals surface area contributed by atoms with Gasteiger partial charge < -0.3 is 14.2 Å². The summed E-state index contributed by atoms with van der Waals surface area (Å²) in [5.74, 6) is 0.504. The van der Waals surface area contributed by atoms with Gasteiger partial charge in [0.15, 0.2) is 11.5 Å². The maximum atomic E-state index is 12.0. The van der Waals surface area contributed by atoms with E-state index in [1.54, 1.807) is 32.2 Å². The summed E-state index contributed by atoms with van der Waals surface area (Å²) in [6, 6.07) is 13.2. The minimum absolute atomic E-state index is 0.313. The standard InChI is InChI=1S/C18H20O4/c1-4-21-18(19)15-9-6-10-16(20-3)17(15)22-12-14-8-5-7-13(2)11-14/h5-11H,4,12H2,1-3H3. The van der Waals surface area contributed by atoms with Crippen molar-refractivity contribution in [2.24, 2.45) is 0 Å². The number of methoxy groups -OCH3 is 1. The van der Waals surface area contributed by atoms with E-state index in [1.165, 1.54) is 0 Å².